The third-order valence-corrected chi connectivity index (χ3v) is 4.15. The predicted molar refractivity (Wildman–Crippen MR) is 86.5 cm³/mol. The molecular formula is C15H20N4S. The average molecular weight is 288 g/mol. The molecule has 1 heterocycles. The minimum atomic E-state index is 0.611. The van der Waals surface area contributed by atoms with E-state index in [1.54, 1.807) is 0 Å². The number of aliphatic imine (C=N–C) groups is 1. The Kier molecular flexibility index (Phi) is 5.31. The summed E-state index contributed by atoms with van der Waals surface area (Å²) in [6.45, 7) is 3.42. The lowest BCUT2D eigenvalue weighted by Crippen LogP contribution is -2.37. The van der Waals surface area contributed by atoms with E-state index in [1.807, 2.05) is 24.6 Å². The van der Waals surface area contributed by atoms with Gasteiger partial charge in [-0.05, 0) is 56.7 Å². The highest BCUT2D eigenvalue weighted by molar-refractivity contribution is 8.13. The molecule has 1 N–H and O–H groups in total. The molecule has 0 bridgehead atoms. The molecule has 106 valence electrons. The molecule has 1 aliphatic rings. The lowest BCUT2D eigenvalue weighted by molar-refractivity contribution is 0.485. The second kappa shape index (κ2) is 7.20. The molecule has 1 saturated heterocycles. The highest BCUT2D eigenvalue weighted by atomic mass is 32.2. The van der Waals surface area contributed by atoms with Crippen LogP contribution < -0.4 is 10.2 Å². The molecule has 1 aromatic rings. The fraction of sp³-hybridized carbons (Fsp3) is 0.467. The van der Waals surface area contributed by atoms with Gasteiger partial charge in [0.15, 0.2) is 11.4 Å². The number of nitrogens with one attached hydrogen (secondary N) is 1. The Balaban J connectivity index is 2.11. The van der Waals surface area contributed by atoms with Crippen molar-refractivity contribution in [3.63, 3.8) is 0 Å². The Labute approximate surface area is 124 Å². The Morgan fingerprint density at radius 1 is 1.40 bits per heavy atom. The molecular weight excluding hydrogens is 268 g/mol. The number of nitriles is 1. The largest absolute Gasteiger partial charge is 0.369 e. The van der Waals surface area contributed by atoms with Gasteiger partial charge in [-0.15, -0.1) is 0 Å². The molecule has 0 spiro atoms. The zero-order valence-corrected chi connectivity index (χ0v) is 12.8. The highest BCUT2D eigenvalue weighted by Gasteiger charge is 2.18. The van der Waals surface area contributed by atoms with Crippen molar-refractivity contribution in [2.24, 2.45) is 4.99 Å². The molecule has 1 unspecified atom stereocenters. The van der Waals surface area contributed by atoms with Gasteiger partial charge in [-0.3, -0.25) is 5.32 Å². The monoisotopic (exact) mass is 288 g/mol. The number of nitrogens with zero attached hydrogens (tertiary/aromatic N) is 3. The molecule has 20 heavy (non-hydrogen) atoms. The standard InChI is InChI=1S/C15H20N4S/c1-12-5-3-4-10-19(12)14-8-6-13(7-9-14)18-15(20-2)17-11-16/h6-9,12H,3-5,10H2,1-2H3,(H,17,18). The van der Waals surface area contributed by atoms with Gasteiger partial charge in [0.05, 0.1) is 5.69 Å². The van der Waals surface area contributed by atoms with Gasteiger partial charge in [0, 0.05) is 18.3 Å². The van der Waals surface area contributed by atoms with Crippen LogP contribution in [0.3, 0.4) is 0 Å². The summed E-state index contributed by atoms with van der Waals surface area (Å²) in [6.07, 6.45) is 7.66. The van der Waals surface area contributed by atoms with Crippen molar-refractivity contribution in [3.05, 3.63) is 24.3 Å². The van der Waals surface area contributed by atoms with Gasteiger partial charge in [0.1, 0.15) is 0 Å². The van der Waals surface area contributed by atoms with Crippen molar-refractivity contribution in [2.45, 2.75) is 32.2 Å². The quantitative estimate of drug-likeness (QED) is 0.392. The molecule has 5 heteroatoms. The molecule has 0 radical (unpaired) electrons. The maximum Gasteiger partial charge on any atom is 0.183 e. The molecule has 0 aliphatic carbocycles. The summed E-state index contributed by atoms with van der Waals surface area (Å²) in [7, 11) is 0. The summed E-state index contributed by atoms with van der Waals surface area (Å²) < 4.78 is 0. The number of thioether (sulfide) groups is 1. The average Bonchev–Trinajstić information content (AvgIpc) is 2.48. The molecule has 1 aromatic carbocycles. The predicted octanol–water partition coefficient (Wildman–Crippen LogP) is 3.49. The van der Waals surface area contributed by atoms with Crippen LogP contribution >= 0.6 is 11.8 Å². The van der Waals surface area contributed by atoms with E-state index >= 15 is 0 Å². The maximum absolute atomic E-state index is 8.63. The minimum Gasteiger partial charge on any atom is -0.369 e. The smallest absolute Gasteiger partial charge is 0.183 e. The van der Waals surface area contributed by atoms with E-state index < -0.39 is 0 Å². The van der Waals surface area contributed by atoms with E-state index in [0.29, 0.717) is 11.2 Å². The molecule has 0 saturated carbocycles. The first-order valence-electron chi connectivity index (χ1n) is 6.89. The minimum absolute atomic E-state index is 0.611. The molecule has 0 amide bonds. The van der Waals surface area contributed by atoms with Gasteiger partial charge in [0.25, 0.3) is 0 Å². The molecule has 2 rings (SSSR count). The number of hydrogen-bond acceptors (Lipinski definition) is 4. The lowest BCUT2D eigenvalue weighted by Gasteiger charge is -2.35. The van der Waals surface area contributed by atoms with Gasteiger partial charge in [-0.25, -0.2) is 4.99 Å². The number of piperidine rings is 1. The van der Waals surface area contributed by atoms with Crippen LogP contribution in [0.4, 0.5) is 11.4 Å². The number of anilines is 1. The van der Waals surface area contributed by atoms with E-state index in [2.05, 4.69) is 34.3 Å². The van der Waals surface area contributed by atoms with Crippen molar-refractivity contribution in [2.75, 3.05) is 17.7 Å². The van der Waals surface area contributed by atoms with E-state index in [1.165, 1.54) is 36.7 Å². The van der Waals surface area contributed by atoms with E-state index in [-0.39, 0.29) is 0 Å². The summed E-state index contributed by atoms with van der Waals surface area (Å²) >= 11 is 1.43. The van der Waals surface area contributed by atoms with Gasteiger partial charge in [-0.1, -0.05) is 11.8 Å². The molecule has 0 aromatic heterocycles. The SMILES string of the molecule is CSC(=Nc1ccc(N2CCCCC2C)cc1)NC#N. The van der Waals surface area contributed by atoms with Crippen molar-refractivity contribution in [1.82, 2.24) is 5.32 Å². The third kappa shape index (κ3) is 3.67. The van der Waals surface area contributed by atoms with Crippen LogP contribution in [0, 0.1) is 11.5 Å². The van der Waals surface area contributed by atoms with Crippen LogP contribution in [0.15, 0.2) is 29.3 Å². The second-order valence-electron chi connectivity index (χ2n) is 4.91. The van der Waals surface area contributed by atoms with Crippen LogP contribution in [0.5, 0.6) is 0 Å². The van der Waals surface area contributed by atoms with Gasteiger partial charge in [-0.2, -0.15) is 5.26 Å². The van der Waals surface area contributed by atoms with Crippen LogP contribution in [0.2, 0.25) is 0 Å². The zero-order valence-electron chi connectivity index (χ0n) is 12.0. The summed E-state index contributed by atoms with van der Waals surface area (Å²) in [4.78, 5) is 6.86. The molecule has 1 fully saturated rings. The van der Waals surface area contributed by atoms with Gasteiger partial charge in [0.2, 0.25) is 0 Å². The molecule has 1 aliphatic heterocycles. The Bertz CT molecular complexity index is 504. The van der Waals surface area contributed by atoms with Crippen molar-refractivity contribution in [1.29, 1.82) is 5.26 Å². The fourth-order valence-corrected chi connectivity index (χ4v) is 2.83. The summed E-state index contributed by atoms with van der Waals surface area (Å²) in [5.74, 6) is 0. The van der Waals surface area contributed by atoms with Gasteiger partial charge < -0.3 is 4.90 Å². The number of hydrogen-bond donors (Lipinski definition) is 1. The van der Waals surface area contributed by atoms with E-state index in [4.69, 9.17) is 5.26 Å². The molecule has 1 atom stereocenters. The normalized spacial score (nSPS) is 19.6. The maximum atomic E-state index is 8.63. The highest BCUT2D eigenvalue weighted by Crippen LogP contribution is 2.26. The van der Waals surface area contributed by atoms with Crippen LogP contribution in [0.25, 0.3) is 0 Å². The van der Waals surface area contributed by atoms with E-state index in [9.17, 15) is 0 Å². The number of benzene rings is 1. The van der Waals surface area contributed by atoms with Gasteiger partial charge >= 0.3 is 0 Å². The van der Waals surface area contributed by atoms with Crippen LogP contribution in [-0.4, -0.2) is 24.0 Å². The first-order valence-corrected chi connectivity index (χ1v) is 8.11. The topological polar surface area (TPSA) is 51.4 Å². The first-order chi connectivity index (χ1) is 9.74. The van der Waals surface area contributed by atoms with Crippen molar-refractivity contribution < 1.29 is 0 Å². The Morgan fingerprint density at radius 2 is 2.15 bits per heavy atom. The number of rotatable bonds is 2. The first kappa shape index (κ1) is 14.7. The Hall–Kier alpha value is -1.67. The van der Waals surface area contributed by atoms with Crippen LogP contribution in [-0.2, 0) is 0 Å². The third-order valence-electron chi connectivity index (χ3n) is 3.57. The summed E-state index contributed by atoms with van der Waals surface area (Å²) in [5, 5.41) is 11.8. The summed E-state index contributed by atoms with van der Waals surface area (Å²) in [5.41, 5.74) is 2.13. The second-order valence-corrected chi connectivity index (χ2v) is 5.71. The van der Waals surface area contributed by atoms with Crippen LogP contribution in [0.1, 0.15) is 26.2 Å². The summed E-state index contributed by atoms with van der Waals surface area (Å²) in [6, 6.07) is 8.86. The van der Waals surface area contributed by atoms with Crippen molar-refractivity contribution >= 4 is 28.3 Å². The molecule has 4 nitrogen and oxygen atoms in total. The number of amidine groups is 1. The zero-order chi connectivity index (χ0) is 14.4. The lowest BCUT2D eigenvalue weighted by atomic mass is 10.0. The fourth-order valence-electron chi connectivity index (χ4n) is 2.49. The Morgan fingerprint density at radius 3 is 2.75 bits per heavy atom. The van der Waals surface area contributed by atoms with E-state index in [0.717, 1.165) is 12.2 Å². The van der Waals surface area contributed by atoms with Crippen molar-refractivity contribution in [3.8, 4) is 6.19 Å².